The van der Waals surface area contributed by atoms with Crippen molar-refractivity contribution in [1.29, 1.82) is 0 Å². The Hall–Kier alpha value is -1.69. The van der Waals surface area contributed by atoms with Crippen LogP contribution in [0.3, 0.4) is 0 Å². The van der Waals surface area contributed by atoms with Gasteiger partial charge in [-0.05, 0) is 38.2 Å². The Balaban J connectivity index is 1.92. The standard InChI is InChI=1S/C15H19N3O2S/c1-3-9(2)17-12(19)7-18-8-16-14-13(15(18)20)10-5-4-6-11(10)21-14/h8-9H,3-7H2,1-2H3,(H,17,19)/t9-/m1/s1. The van der Waals surface area contributed by atoms with E-state index in [2.05, 4.69) is 10.3 Å². The van der Waals surface area contributed by atoms with Crippen molar-refractivity contribution < 1.29 is 4.79 Å². The van der Waals surface area contributed by atoms with Gasteiger partial charge in [0.05, 0.1) is 11.7 Å². The minimum Gasteiger partial charge on any atom is -0.352 e. The van der Waals surface area contributed by atoms with Crippen LogP contribution in [-0.2, 0) is 24.2 Å². The number of nitrogens with one attached hydrogen (secondary N) is 1. The van der Waals surface area contributed by atoms with Gasteiger partial charge in [-0.2, -0.15) is 0 Å². The molecular weight excluding hydrogens is 286 g/mol. The molecule has 1 N–H and O–H groups in total. The summed E-state index contributed by atoms with van der Waals surface area (Å²) in [7, 11) is 0. The summed E-state index contributed by atoms with van der Waals surface area (Å²) in [6.45, 7) is 4.00. The van der Waals surface area contributed by atoms with E-state index in [-0.39, 0.29) is 24.1 Å². The molecule has 0 saturated heterocycles. The van der Waals surface area contributed by atoms with Gasteiger partial charge in [0.15, 0.2) is 0 Å². The van der Waals surface area contributed by atoms with Crippen LogP contribution in [-0.4, -0.2) is 21.5 Å². The average Bonchev–Trinajstić information content (AvgIpc) is 3.02. The molecule has 0 spiro atoms. The monoisotopic (exact) mass is 305 g/mol. The summed E-state index contributed by atoms with van der Waals surface area (Å²) in [4.78, 5) is 31.0. The molecule has 0 unspecified atom stereocenters. The molecule has 1 atom stereocenters. The number of amides is 1. The van der Waals surface area contributed by atoms with E-state index in [1.165, 1.54) is 15.8 Å². The van der Waals surface area contributed by atoms with Crippen LogP contribution in [0.1, 0.15) is 37.1 Å². The van der Waals surface area contributed by atoms with E-state index >= 15 is 0 Å². The third kappa shape index (κ3) is 2.60. The minimum atomic E-state index is -0.139. The molecule has 0 bridgehead atoms. The van der Waals surface area contributed by atoms with E-state index in [9.17, 15) is 9.59 Å². The Morgan fingerprint density at radius 3 is 3.10 bits per heavy atom. The minimum absolute atomic E-state index is 0.0384. The second-order valence-electron chi connectivity index (χ2n) is 5.59. The number of aromatic nitrogens is 2. The summed E-state index contributed by atoms with van der Waals surface area (Å²) in [5.74, 6) is -0.139. The van der Waals surface area contributed by atoms with Gasteiger partial charge in [0.2, 0.25) is 5.91 Å². The molecule has 0 fully saturated rings. The molecule has 3 rings (SSSR count). The van der Waals surface area contributed by atoms with Crippen molar-refractivity contribution in [3.8, 4) is 0 Å². The van der Waals surface area contributed by atoms with Crippen molar-refractivity contribution >= 4 is 27.5 Å². The van der Waals surface area contributed by atoms with Crippen LogP contribution in [0.25, 0.3) is 10.2 Å². The second kappa shape index (κ2) is 5.60. The highest BCUT2D eigenvalue weighted by Gasteiger charge is 2.21. The molecule has 2 aromatic heterocycles. The number of aryl methyl sites for hydroxylation is 2. The van der Waals surface area contributed by atoms with Gasteiger partial charge in [-0.3, -0.25) is 14.2 Å². The first-order chi connectivity index (χ1) is 10.1. The predicted molar refractivity (Wildman–Crippen MR) is 83.8 cm³/mol. The number of thiophene rings is 1. The average molecular weight is 305 g/mol. The zero-order valence-corrected chi connectivity index (χ0v) is 13.1. The lowest BCUT2D eigenvalue weighted by atomic mass is 10.2. The van der Waals surface area contributed by atoms with Crippen LogP contribution in [0.15, 0.2) is 11.1 Å². The lowest BCUT2D eigenvalue weighted by Crippen LogP contribution is -2.37. The molecule has 0 aliphatic heterocycles. The Morgan fingerprint density at radius 2 is 2.33 bits per heavy atom. The second-order valence-corrected chi connectivity index (χ2v) is 6.68. The molecule has 1 amide bonds. The van der Waals surface area contributed by atoms with Gasteiger partial charge in [-0.1, -0.05) is 6.92 Å². The lowest BCUT2D eigenvalue weighted by Gasteiger charge is -2.12. The normalized spacial score (nSPS) is 15.1. The molecule has 6 heteroatoms. The number of nitrogens with zero attached hydrogens (tertiary/aromatic N) is 2. The van der Waals surface area contributed by atoms with E-state index in [0.29, 0.717) is 0 Å². The van der Waals surface area contributed by atoms with Gasteiger partial charge < -0.3 is 5.32 Å². The van der Waals surface area contributed by atoms with Crippen molar-refractivity contribution in [2.24, 2.45) is 0 Å². The van der Waals surface area contributed by atoms with Crippen LogP contribution in [0, 0.1) is 0 Å². The van der Waals surface area contributed by atoms with Gasteiger partial charge in [-0.15, -0.1) is 11.3 Å². The summed E-state index contributed by atoms with van der Waals surface area (Å²) in [6, 6.07) is 0.121. The number of carbonyl (C=O) groups is 1. The zero-order valence-electron chi connectivity index (χ0n) is 12.3. The van der Waals surface area contributed by atoms with E-state index in [4.69, 9.17) is 0 Å². The third-order valence-corrected chi connectivity index (χ3v) is 5.23. The lowest BCUT2D eigenvalue weighted by molar-refractivity contribution is -0.122. The Kier molecular flexibility index (Phi) is 3.80. The highest BCUT2D eigenvalue weighted by atomic mass is 32.1. The van der Waals surface area contributed by atoms with Gasteiger partial charge in [0.1, 0.15) is 11.4 Å². The van der Waals surface area contributed by atoms with Gasteiger partial charge in [0, 0.05) is 10.9 Å². The number of carbonyl (C=O) groups excluding carboxylic acids is 1. The van der Waals surface area contributed by atoms with Crippen molar-refractivity contribution in [1.82, 2.24) is 14.9 Å². The first kappa shape index (κ1) is 14.3. The summed E-state index contributed by atoms with van der Waals surface area (Å²) < 4.78 is 1.42. The van der Waals surface area contributed by atoms with E-state index in [1.807, 2.05) is 13.8 Å². The molecule has 2 aromatic rings. The Morgan fingerprint density at radius 1 is 1.52 bits per heavy atom. The maximum absolute atomic E-state index is 12.6. The molecule has 21 heavy (non-hydrogen) atoms. The number of hydrogen-bond donors (Lipinski definition) is 1. The molecular formula is C15H19N3O2S. The molecule has 1 aliphatic rings. The summed E-state index contributed by atoms with van der Waals surface area (Å²) in [5.41, 5.74) is 1.07. The fraction of sp³-hybridized carbons (Fsp3) is 0.533. The fourth-order valence-corrected chi connectivity index (χ4v) is 3.93. The third-order valence-electron chi connectivity index (χ3n) is 4.03. The van der Waals surface area contributed by atoms with Crippen molar-refractivity contribution in [3.05, 3.63) is 27.1 Å². The van der Waals surface area contributed by atoms with E-state index in [0.717, 1.165) is 41.5 Å². The smallest absolute Gasteiger partial charge is 0.262 e. The maximum atomic E-state index is 12.6. The SMILES string of the molecule is CC[C@@H](C)NC(=O)Cn1cnc2sc3c(c2c1=O)CCC3. The number of rotatable bonds is 4. The van der Waals surface area contributed by atoms with Crippen LogP contribution in [0.5, 0.6) is 0 Å². The first-order valence-electron chi connectivity index (χ1n) is 7.39. The van der Waals surface area contributed by atoms with Crippen molar-refractivity contribution in [2.75, 3.05) is 0 Å². The van der Waals surface area contributed by atoms with Crippen molar-refractivity contribution in [3.63, 3.8) is 0 Å². The topological polar surface area (TPSA) is 64.0 Å². The zero-order chi connectivity index (χ0) is 15.0. The quantitative estimate of drug-likeness (QED) is 0.938. The summed E-state index contributed by atoms with van der Waals surface area (Å²) >= 11 is 1.62. The largest absolute Gasteiger partial charge is 0.352 e. The van der Waals surface area contributed by atoms with Crippen molar-refractivity contribution in [2.45, 2.75) is 52.1 Å². The molecule has 5 nitrogen and oxygen atoms in total. The number of fused-ring (bicyclic) bond motifs is 3. The highest BCUT2D eigenvalue weighted by molar-refractivity contribution is 7.18. The van der Waals surface area contributed by atoms with Gasteiger partial charge >= 0.3 is 0 Å². The summed E-state index contributed by atoms with van der Waals surface area (Å²) in [6.07, 6.45) is 5.47. The Bertz CT molecular complexity index is 747. The summed E-state index contributed by atoms with van der Waals surface area (Å²) in [5, 5.41) is 3.60. The molecule has 0 saturated carbocycles. The van der Waals surface area contributed by atoms with Crippen LogP contribution in [0.2, 0.25) is 0 Å². The maximum Gasteiger partial charge on any atom is 0.262 e. The first-order valence-corrected chi connectivity index (χ1v) is 8.20. The molecule has 2 heterocycles. The molecule has 1 aliphatic carbocycles. The van der Waals surface area contributed by atoms with E-state index in [1.54, 1.807) is 11.3 Å². The molecule has 0 aromatic carbocycles. The molecule has 112 valence electrons. The van der Waals surface area contributed by atoms with Gasteiger partial charge in [-0.25, -0.2) is 4.98 Å². The highest BCUT2D eigenvalue weighted by Crippen LogP contribution is 2.34. The molecule has 0 radical (unpaired) electrons. The van der Waals surface area contributed by atoms with E-state index < -0.39 is 0 Å². The van der Waals surface area contributed by atoms with Gasteiger partial charge in [0.25, 0.3) is 5.56 Å². The van der Waals surface area contributed by atoms with Crippen LogP contribution >= 0.6 is 11.3 Å². The predicted octanol–water partition coefficient (Wildman–Crippen LogP) is 1.86. The fourth-order valence-electron chi connectivity index (χ4n) is 2.71. The van der Waals surface area contributed by atoms with Crippen LogP contribution < -0.4 is 10.9 Å². The van der Waals surface area contributed by atoms with Crippen LogP contribution in [0.4, 0.5) is 0 Å². The Labute approximate surface area is 127 Å². The number of hydrogen-bond acceptors (Lipinski definition) is 4.